The molecule has 0 aliphatic carbocycles. The number of nitrogen functional groups attached to an aromatic ring is 2. The van der Waals surface area contributed by atoms with Crippen molar-refractivity contribution in [3.8, 4) is 0 Å². The molecule has 0 saturated carbocycles. The zero-order valence-electron chi connectivity index (χ0n) is 8.78. The van der Waals surface area contributed by atoms with E-state index in [1.165, 1.54) is 0 Å². The second-order valence-corrected chi connectivity index (χ2v) is 3.73. The van der Waals surface area contributed by atoms with Crippen molar-refractivity contribution in [1.29, 1.82) is 0 Å². The maximum Gasteiger partial charge on any atom is 0.0785 e. The van der Waals surface area contributed by atoms with Crippen LogP contribution in [0.4, 0.5) is 17.1 Å². The van der Waals surface area contributed by atoms with Gasteiger partial charge in [0.05, 0.1) is 23.7 Å². The molecule has 0 atom stereocenters. The van der Waals surface area contributed by atoms with Crippen LogP contribution < -0.4 is 16.4 Å². The fraction of sp³-hybridized carbons (Fsp3) is 0.455. The minimum Gasteiger partial charge on any atom is -0.397 e. The summed E-state index contributed by atoms with van der Waals surface area (Å²) in [5.41, 5.74) is 14.1. The largest absolute Gasteiger partial charge is 0.397 e. The summed E-state index contributed by atoms with van der Waals surface area (Å²) >= 11 is 0. The van der Waals surface area contributed by atoms with Gasteiger partial charge in [-0.1, -0.05) is 6.07 Å². The van der Waals surface area contributed by atoms with Gasteiger partial charge in [-0.2, -0.15) is 0 Å². The van der Waals surface area contributed by atoms with Crippen molar-refractivity contribution < 1.29 is 4.74 Å². The van der Waals surface area contributed by atoms with Gasteiger partial charge >= 0.3 is 0 Å². The Balaban J connectivity index is 2.23. The predicted octanol–water partition coefficient (Wildman–Crippen LogP) is 1.08. The van der Waals surface area contributed by atoms with Crippen molar-refractivity contribution in [3.63, 3.8) is 0 Å². The van der Waals surface area contributed by atoms with Gasteiger partial charge in [-0.05, 0) is 18.6 Å². The van der Waals surface area contributed by atoms with Crippen molar-refractivity contribution in [2.45, 2.75) is 6.42 Å². The molecule has 4 nitrogen and oxygen atoms in total. The number of nitrogens with zero attached hydrogens (tertiary/aromatic N) is 1. The first-order valence-corrected chi connectivity index (χ1v) is 5.25. The van der Waals surface area contributed by atoms with Crippen molar-refractivity contribution >= 4 is 17.1 Å². The summed E-state index contributed by atoms with van der Waals surface area (Å²) in [5, 5.41) is 0. The van der Waals surface area contributed by atoms with Crippen LogP contribution in [0.2, 0.25) is 0 Å². The first-order chi connectivity index (χ1) is 7.29. The van der Waals surface area contributed by atoms with Crippen molar-refractivity contribution in [2.75, 3.05) is 42.7 Å². The zero-order valence-corrected chi connectivity index (χ0v) is 8.78. The highest BCUT2D eigenvalue weighted by Crippen LogP contribution is 2.28. The number of anilines is 3. The van der Waals surface area contributed by atoms with Crippen LogP contribution in [0, 0.1) is 0 Å². The van der Waals surface area contributed by atoms with Gasteiger partial charge in [0.2, 0.25) is 0 Å². The summed E-state index contributed by atoms with van der Waals surface area (Å²) in [7, 11) is 0. The van der Waals surface area contributed by atoms with Gasteiger partial charge in [0.15, 0.2) is 0 Å². The quantitative estimate of drug-likeness (QED) is 0.676. The molecule has 1 aromatic rings. The van der Waals surface area contributed by atoms with Gasteiger partial charge < -0.3 is 21.1 Å². The molecule has 82 valence electrons. The second kappa shape index (κ2) is 4.40. The lowest BCUT2D eigenvalue weighted by molar-refractivity contribution is 0.152. The van der Waals surface area contributed by atoms with Crippen molar-refractivity contribution in [2.24, 2.45) is 0 Å². The lowest BCUT2D eigenvalue weighted by Crippen LogP contribution is -2.26. The molecule has 1 aliphatic heterocycles. The molecule has 1 heterocycles. The number of hydrogen-bond donors (Lipinski definition) is 2. The lowest BCUT2D eigenvalue weighted by atomic mass is 10.2. The Morgan fingerprint density at radius 2 is 2.00 bits per heavy atom. The van der Waals surface area contributed by atoms with Crippen molar-refractivity contribution in [1.82, 2.24) is 0 Å². The Hall–Kier alpha value is -1.42. The molecule has 1 aromatic carbocycles. The lowest BCUT2D eigenvalue weighted by Gasteiger charge is -2.24. The van der Waals surface area contributed by atoms with E-state index in [1.807, 2.05) is 18.2 Å². The summed E-state index contributed by atoms with van der Waals surface area (Å²) in [6.45, 7) is 3.45. The fourth-order valence-electron chi connectivity index (χ4n) is 1.83. The van der Waals surface area contributed by atoms with Crippen molar-refractivity contribution in [3.05, 3.63) is 18.2 Å². The maximum atomic E-state index is 5.96. The predicted molar refractivity (Wildman–Crippen MR) is 62.9 cm³/mol. The number of ether oxygens (including phenoxy) is 1. The van der Waals surface area contributed by atoms with Gasteiger partial charge in [-0.3, -0.25) is 0 Å². The minimum atomic E-state index is 0.651. The van der Waals surface area contributed by atoms with Gasteiger partial charge in [0.25, 0.3) is 0 Å². The molecule has 15 heavy (non-hydrogen) atoms. The van der Waals surface area contributed by atoms with Crippen LogP contribution in [-0.4, -0.2) is 26.3 Å². The highest BCUT2D eigenvalue weighted by molar-refractivity contribution is 5.79. The van der Waals surface area contributed by atoms with Gasteiger partial charge in [0, 0.05) is 19.7 Å². The van der Waals surface area contributed by atoms with Gasteiger partial charge in [0.1, 0.15) is 0 Å². The molecule has 0 amide bonds. The van der Waals surface area contributed by atoms with Crippen LogP contribution >= 0.6 is 0 Å². The average molecular weight is 207 g/mol. The highest BCUT2D eigenvalue weighted by Gasteiger charge is 2.13. The Labute approximate surface area is 89.8 Å². The SMILES string of the molecule is Nc1cccc(N2CCCOCC2)c1N. The molecule has 0 unspecified atom stereocenters. The first kappa shape index (κ1) is 10.1. The van der Waals surface area contributed by atoms with E-state index >= 15 is 0 Å². The third-order valence-corrected chi connectivity index (χ3v) is 2.68. The summed E-state index contributed by atoms with van der Waals surface area (Å²) in [4.78, 5) is 2.23. The van der Waals surface area contributed by atoms with Crippen LogP contribution in [0.1, 0.15) is 6.42 Å². The number of hydrogen-bond acceptors (Lipinski definition) is 4. The summed E-state index contributed by atoms with van der Waals surface area (Å²) in [6, 6.07) is 5.77. The molecule has 0 bridgehead atoms. The van der Waals surface area contributed by atoms with E-state index in [4.69, 9.17) is 16.2 Å². The molecule has 0 radical (unpaired) electrons. The molecule has 2 rings (SSSR count). The number of nitrogens with two attached hydrogens (primary N) is 2. The number of rotatable bonds is 1. The Bertz CT molecular complexity index is 333. The standard InChI is InChI=1S/C11H17N3O/c12-9-3-1-4-10(11(9)13)14-5-2-7-15-8-6-14/h1,3-4H,2,5-8,12-13H2. The monoisotopic (exact) mass is 207 g/mol. The summed E-state index contributed by atoms with van der Waals surface area (Å²) < 4.78 is 5.40. The third kappa shape index (κ3) is 2.15. The molecule has 0 spiro atoms. The molecule has 1 saturated heterocycles. The van der Waals surface area contributed by atoms with Crippen LogP contribution in [0.3, 0.4) is 0 Å². The van der Waals surface area contributed by atoms with Gasteiger partial charge in [-0.15, -0.1) is 0 Å². The van der Waals surface area contributed by atoms with E-state index in [0.717, 1.165) is 38.4 Å². The topological polar surface area (TPSA) is 64.5 Å². The highest BCUT2D eigenvalue weighted by atomic mass is 16.5. The summed E-state index contributed by atoms with van der Waals surface area (Å²) in [6.07, 6.45) is 1.04. The molecular formula is C11H17N3O. The van der Waals surface area contributed by atoms with E-state index in [-0.39, 0.29) is 0 Å². The zero-order chi connectivity index (χ0) is 10.7. The summed E-state index contributed by atoms with van der Waals surface area (Å²) in [5.74, 6) is 0. The van der Waals surface area contributed by atoms with E-state index in [9.17, 15) is 0 Å². The van der Waals surface area contributed by atoms with Gasteiger partial charge in [-0.25, -0.2) is 0 Å². The normalized spacial score (nSPS) is 17.5. The average Bonchev–Trinajstić information content (AvgIpc) is 2.50. The van der Waals surface area contributed by atoms with Crippen LogP contribution in [0.15, 0.2) is 18.2 Å². The van der Waals surface area contributed by atoms with Crippen LogP contribution in [0.25, 0.3) is 0 Å². The molecule has 0 aromatic heterocycles. The minimum absolute atomic E-state index is 0.651. The van der Waals surface area contributed by atoms with E-state index in [1.54, 1.807) is 0 Å². The third-order valence-electron chi connectivity index (χ3n) is 2.68. The Morgan fingerprint density at radius 1 is 1.13 bits per heavy atom. The molecule has 4 N–H and O–H groups in total. The molecule has 1 fully saturated rings. The maximum absolute atomic E-state index is 5.96. The first-order valence-electron chi connectivity index (χ1n) is 5.25. The van der Waals surface area contributed by atoms with Crippen LogP contribution in [0.5, 0.6) is 0 Å². The number of para-hydroxylation sites is 1. The Morgan fingerprint density at radius 3 is 2.87 bits per heavy atom. The Kier molecular flexibility index (Phi) is 2.97. The van der Waals surface area contributed by atoms with E-state index in [2.05, 4.69) is 4.90 Å². The molecular weight excluding hydrogens is 190 g/mol. The van der Waals surface area contributed by atoms with Crippen LogP contribution in [-0.2, 0) is 4.74 Å². The number of benzene rings is 1. The smallest absolute Gasteiger partial charge is 0.0785 e. The fourth-order valence-corrected chi connectivity index (χ4v) is 1.83. The molecule has 4 heteroatoms. The second-order valence-electron chi connectivity index (χ2n) is 3.73. The molecule has 1 aliphatic rings. The van der Waals surface area contributed by atoms with E-state index < -0.39 is 0 Å². The van der Waals surface area contributed by atoms with E-state index in [0.29, 0.717) is 11.4 Å².